The van der Waals surface area contributed by atoms with Crippen molar-refractivity contribution in [2.75, 3.05) is 12.4 Å². The number of hydrogen-bond donors (Lipinski definition) is 1. The van der Waals surface area contributed by atoms with Crippen LogP contribution in [0.25, 0.3) is 0 Å². The van der Waals surface area contributed by atoms with Gasteiger partial charge in [0.1, 0.15) is 5.82 Å². The maximum atomic E-state index is 13.8. The van der Waals surface area contributed by atoms with Gasteiger partial charge in [-0.15, -0.1) is 0 Å². The van der Waals surface area contributed by atoms with Crippen LogP contribution in [0.15, 0.2) is 36.4 Å². The van der Waals surface area contributed by atoms with E-state index in [0.29, 0.717) is 28.9 Å². The zero-order valence-electron chi connectivity index (χ0n) is 15.5. The van der Waals surface area contributed by atoms with Crippen molar-refractivity contribution in [1.29, 1.82) is 0 Å². The van der Waals surface area contributed by atoms with Crippen LogP contribution < -0.4 is 14.8 Å². The van der Waals surface area contributed by atoms with Gasteiger partial charge in [-0.25, -0.2) is 4.39 Å². The van der Waals surface area contributed by atoms with E-state index in [0.717, 1.165) is 18.4 Å². The van der Waals surface area contributed by atoms with Gasteiger partial charge in [-0.1, -0.05) is 12.1 Å². The molecule has 1 saturated carbocycles. The lowest BCUT2D eigenvalue weighted by Gasteiger charge is -2.26. The number of nitrogens with one attached hydrogen (secondary N) is 1. The summed E-state index contributed by atoms with van der Waals surface area (Å²) >= 11 is 5.53. The van der Waals surface area contributed by atoms with Gasteiger partial charge in [-0.05, 0) is 67.4 Å². The second kappa shape index (κ2) is 8.68. The highest BCUT2D eigenvalue weighted by Gasteiger charge is 2.31. The lowest BCUT2D eigenvalue weighted by molar-refractivity contribution is -0.0512. The minimum Gasteiger partial charge on any atom is -0.493 e. The molecular weight excluding hydrogens is 389 g/mol. The molecule has 0 aromatic heterocycles. The molecule has 0 aliphatic heterocycles. The number of thiocarbonyl (C=S) groups is 1. The number of ether oxygens (including phenoxy) is 2. The van der Waals surface area contributed by atoms with Crippen molar-refractivity contribution >= 4 is 23.0 Å². The van der Waals surface area contributed by atoms with Crippen LogP contribution >= 0.6 is 12.2 Å². The van der Waals surface area contributed by atoms with Gasteiger partial charge in [0.05, 0.1) is 7.11 Å². The van der Waals surface area contributed by atoms with Crippen molar-refractivity contribution in [1.82, 2.24) is 4.90 Å². The predicted octanol–water partition coefficient (Wildman–Crippen LogP) is 5.11. The minimum atomic E-state index is -2.92. The molecule has 0 amide bonds. The largest absolute Gasteiger partial charge is 0.493 e. The summed E-state index contributed by atoms with van der Waals surface area (Å²) in [5, 5.41) is 3.56. The fourth-order valence-electron chi connectivity index (χ4n) is 2.82. The van der Waals surface area contributed by atoms with E-state index >= 15 is 0 Å². The van der Waals surface area contributed by atoms with Crippen LogP contribution in [0.5, 0.6) is 11.5 Å². The first-order chi connectivity index (χ1) is 13.4. The Morgan fingerprint density at radius 2 is 1.96 bits per heavy atom. The van der Waals surface area contributed by atoms with Gasteiger partial charge >= 0.3 is 6.61 Å². The molecule has 1 aliphatic rings. The Morgan fingerprint density at radius 3 is 2.57 bits per heavy atom. The topological polar surface area (TPSA) is 33.7 Å². The quantitative estimate of drug-likeness (QED) is 0.642. The van der Waals surface area contributed by atoms with Crippen LogP contribution in [0, 0.1) is 12.7 Å². The molecule has 0 radical (unpaired) electrons. The zero-order chi connectivity index (χ0) is 20.3. The summed E-state index contributed by atoms with van der Waals surface area (Å²) in [7, 11) is 1.40. The smallest absolute Gasteiger partial charge is 0.387 e. The molecule has 0 heterocycles. The van der Waals surface area contributed by atoms with Gasteiger partial charge in [0, 0.05) is 18.3 Å². The third-order valence-corrected chi connectivity index (χ3v) is 4.81. The number of aryl methyl sites for hydroxylation is 1. The Labute approximate surface area is 167 Å². The van der Waals surface area contributed by atoms with Crippen LogP contribution in [-0.4, -0.2) is 29.8 Å². The average molecular weight is 410 g/mol. The number of halogens is 3. The Bertz CT molecular complexity index is 859. The number of benzene rings is 2. The van der Waals surface area contributed by atoms with Crippen molar-refractivity contribution in [2.45, 2.75) is 39.0 Å². The van der Waals surface area contributed by atoms with Crippen molar-refractivity contribution in [3.05, 3.63) is 53.3 Å². The van der Waals surface area contributed by atoms with Gasteiger partial charge < -0.3 is 19.7 Å². The van der Waals surface area contributed by atoms with E-state index in [9.17, 15) is 13.2 Å². The Balaban J connectivity index is 1.74. The third kappa shape index (κ3) is 5.07. The lowest BCUT2D eigenvalue weighted by atomic mass is 10.2. The Hall–Kier alpha value is -2.48. The average Bonchev–Trinajstić information content (AvgIpc) is 3.48. The first kappa shape index (κ1) is 20.3. The van der Waals surface area contributed by atoms with E-state index < -0.39 is 6.61 Å². The lowest BCUT2D eigenvalue weighted by Crippen LogP contribution is -2.36. The molecule has 1 N–H and O–H groups in total. The number of alkyl halides is 2. The second-order valence-corrected chi connectivity index (χ2v) is 7.00. The zero-order valence-corrected chi connectivity index (χ0v) is 16.4. The molecule has 28 heavy (non-hydrogen) atoms. The molecule has 0 saturated heterocycles. The standard InChI is InChI=1S/C20H21F3N2O2S/c1-12-3-5-14(10-16(12)21)24-20(28)25(15-6-7-15)11-13-4-8-17(27-19(22)23)18(9-13)26-2/h3-5,8-10,15,19H,6-7,11H2,1-2H3,(H,24,28). The summed E-state index contributed by atoms with van der Waals surface area (Å²) in [4.78, 5) is 2.01. The van der Waals surface area contributed by atoms with Crippen LogP contribution in [-0.2, 0) is 6.54 Å². The first-order valence-electron chi connectivity index (χ1n) is 8.83. The molecule has 0 bridgehead atoms. The van der Waals surface area contributed by atoms with E-state index in [1.807, 2.05) is 4.90 Å². The fourth-order valence-corrected chi connectivity index (χ4v) is 3.15. The van der Waals surface area contributed by atoms with Gasteiger partial charge in [-0.2, -0.15) is 8.78 Å². The molecule has 0 atom stereocenters. The van der Waals surface area contributed by atoms with Crippen LogP contribution in [0.1, 0.15) is 24.0 Å². The first-order valence-corrected chi connectivity index (χ1v) is 9.23. The summed E-state index contributed by atoms with van der Waals surface area (Å²) in [5.41, 5.74) is 1.98. The summed E-state index contributed by atoms with van der Waals surface area (Å²) < 4.78 is 48.4. The second-order valence-electron chi connectivity index (χ2n) is 6.62. The summed E-state index contributed by atoms with van der Waals surface area (Å²) in [6.07, 6.45) is 2.02. The molecule has 2 aromatic carbocycles. The highest BCUT2D eigenvalue weighted by molar-refractivity contribution is 7.80. The number of rotatable bonds is 7. The number of nitrogens with zero attached hydrogens (tertiary/aromatic N) is 1. The number of anilines is 1. The van der Waals surface area contributed by atoms with Gasteiger partial charge in [0.15, 0.2) is 16.6 Å². The minimum absolute atomic E-state index is 0.0185. The molecule has 1 aliphatic carbocycles. The van der Waals surface area contributed by atoms with Crippen molar-refractivity contribution in [3.8, 4) is 11.5 Å². The summed E-state index contributed by atoms with van der Waals surface area (Å²) in [5.74, 6) is -0.0896. The number of methoxy groups -OCH3 is 1. The highest BCUT2D eigenvalue weighted by atomic mass is 32.1. The van der Waals surface area contributed by atoms with E-state index in [1.165, 1.54) is 19.2 Å². The van der Waals surface area contributed by atoms with E-state index in [1.54, 1.807) is 31.2 Å². The maximum absolute atomic E-state index is 13.8. The highest BCUT2D eigenvalue weighted by Crippen LogP contribution is 2.33. The van der Waals surface area contributed by atoms with E-state index in [-0.39, 0.29) is 17.3 Å². The summed E-state index contributed by atoms with van der Waals surface area (Å²) in [6, 6.07) is 9.97. The van der Waals surface area contributed by atoms with Gasteiger partial charge in [0.25, 0.3) is 0 Å². The predicted molar refractivity (Wildman–Crippen MR) is 106 cm³/mol. The molecule has 8 heteroatoms. The Kier molecular flexibility index (Phi) is 6.28. The van der Waals surface area contributed by atoms with Crippen LogP contribution in [0.4, 0.5) is 18.9 Å². The SMILES string of the molecule is COc1cc(CN(C(=S)Nc2ccc(C)c(F)c2)C2CC2)ccc1OC(F)F. The van der Waals surface area contributed by atoms with E-state index in [4.69, 9.17) is 17.0 Å². The van der Waals surface area contributed by atoms with Crippen LogP contribution in [0.3, 0.4) is 0 Å². The molecule has 0 unspecified atom stereocenters. The monoisotopic (exact) mass is 410 g/mol. The molecule has 0 spiro atoms. The van der Waals surface area contributed by atoms with Crippen molar-refractivity contribution < 1.29 is 22.6 Å². The summed E-state index contributed by atoms with van der Waals surface area (Å²) in [6.45, 7) is -0.756. The molecular formula is C20H21F3N2O2S. The van der Waals surface area contributed by atoms with E-state index in [2.05, 4.69) is 10.1 Å². The molecule has 2 aromatic rings. The van der Waals surface area contributed by atoms with Crippen molar-refractivity contribution in [2.24, 2.45) is 0 Å². The van der Waals surface area contributed by atoms with Crippen LogP contribution in [0.2, 0.25) is 0 Å². The molecule has 4 nitrogen and oxygen atoms in total. The Morgan fingerprint density at radius 1 is 1.21 bits per heavy atom. The fraction of sp³-hybridized carbons (Fsp3) is 0.350. The number of hydrogen-bond acceptors (Lipinski definition) is 3. The van der Waals surface area contributed by atoms with Gasteiger partial charge in [0.2, 0.25) is 0 Å². The molecule has 1 fully saturated rings. The molecule has 3 rings (SSSR count). The van der Waals surface area contributed by atoms with Crippen molar-refractivity contribution in [3.63, 3.8) is 0 Å². The third-order valence-electron chi connectivity index (χ3n) is 4.47. The molecule has 150 valence electrons. The van der Waals surface area contributed by atoms with Gasteiger partial charge in [-0.3, -0.25) is 0 Å². The maximum Gasteiger partial charge on any atom is 0.387 e. The normalized spacial score (nSPS) is 13.4.